The fourth-order valence-electron chi connectivity index (χ4n) is 1.89. The maximum atomic E-state index is 12.0. The monoisotopic (exact) mass is 327 g/mol. The summed E-state index contributed by atoms with van der Waals surface area (Å²) in [4.78, 5) is 14.3. The maximum absolute atomic E-state index is 12.0. The number of rotatable bonds is 9. The lowest BCUT2D eigenvalue weighted by Gasteiger charge is -2.19. The second kappa shape index (κ2) is 9.23. The highest BCUT2D eigenvalue weighted by Crippen LogP contribution is 2.12. The molecule has 0 aliphatic rings. The van der Waals surface area contributed by atoms with Crippen LogP contribution < -0.4 is 0 Å². The summed E-state index contributed by atoms with van der Waals surface area (Å²) in [7, 11) is 1.71. The van der Waals surface area contributed by atoms with E-state index < -0.39 is 0 Å². The van der Waals surface area contributed by atoms with Crippen molar-refractivity contribution in [2.24, 2.45) is 0 Å². The van der Waals surface area contributed by atoms with Gasteiger partial charge in [-0.1, -0.05) is 35.0 Å². The molecule has 0 atom stereocenters. The van der Waals surface area contributed by atoms with E-state index in [4.69, 9.17) is 4.74 Å². The largest absolute Gasteiger partial charge is 0.383 e. The van der Waals surface area contributed by atoms with E-state index in [9.17, 15) is 4.79 Å². The molecule has 0 aliphatic carbocycles. The van der Waals surface area contributed by atoms with Gasteiger partial charge < -0.3 is 9.64 Å². The van der Waals surface area contributed by atoms with Gasteiger partial charge in [-0.05, 0) is 31.6 Å². The van der Waals surface area contributed by atoms with E-state index in [1.165, 1.54) is 0 Å². The number of hydrogen-bond donors (Lipinski definition) is 0. The number of hydrogen-bond acceptors (Lipinski definition) is 3. The van der Waals surface area contributed by atoms with E-state index in [0.717, 1.165) is 42.7 Å². The number of methoxy groups -OCH3 is 1. The van der Waals surface area contributed by atoms with Gasteiger partial charge in [-0.3, -0.25) is 4.79 Å². The number of ketones is 1. The van der Waals surface area contributed by atoms with Crippen molar-refractivity contribution in [1.82, 2.24) is 4.90 Å². The smallest absolute Gasteiger partial charge is 0.162 e. The topological polar surface area (TPSA) is 29.5 Å². The van der Waals surface area contributed by atoms with Gasteiger partial charge in [0, 0.05) is 30.1 Å². The highest BCUT2D eigenvalue weighted by Gasteiger charge is 2.07. The van der Waals surface area contributed by atoms with E-state index in [0.29, 0.717) is 6.42 Å². The number of likely N-dealkylation sites (N-methyl/N-ethyl adjacent to an activating group) is 1. The molecule has 0 spiro atoms. The molecule has 3 nitrogen and oxygen atoms in total. The van der Waals surface area contributed by atoms with Crippen molar-refractivity contribution in [1.29, 1.82) is 0 Å². The number of benzene rings is 1. The summed E-state index contributed by atoms with van der Waals surface area (Å²) in [6, 6.07) is 7.55. The van der Waals surface area contributed by atoms with E-state index >= 15 is 0 Å². The summed E-state index contributed by atoms with van der Waals surface area (Å²) < 4.78 is 6.07. The van der Waals surface area contributed by atoms with Crippen molar-refractivity contribution in [3.63, 3.8) is 0 Å². The second-order valence-electron chi connectivity index (χ2n) is 4.46. The number of nitrogens with zero attached hydrogens (tertiary/aromatic N) is 1. The minimum Gasteiger partial charge on any atom is -0.383 e. The van der Waals surface area contributed by atoms with Gasteiger partial charge in [0.2, 0.25) is 0 Å². The lowest BCUT2D eigenvalue weighted by molar-refractivity contribution is 0.0971. The number of carbonyl (C=O) groups is 1. The Balaban J connectivity index is 2.31. The van der Waals surface area contributed by atoms with Gasteiger partial charge in [0.25, 0.3) is 0 Å². The highest BCUT2D eigenvalue weighted by atomic mass is 79.9. The first kappa shape index (κ1) is 16.3. The zero-order chi connectivity index (χ0) is 14.1. The van der Waals surface area contributed by atoms with Crippen LogP contribution in [0.15, 0.2) is 28.7 Å². The molecule has 1 aromatic rings. The molecule has 1 rings (SSSR count). The number of ether oxygens (including phenoxy) is 1. The molecular formula is C15H22BrNO2. The van der Waals surface area contributed by atoms with Crippen LogP contribution >= 0.6 is 15.9 Å². The predicted octanol–water partition coefficient (Wildman–Crippen LogP) is 3.38. The second-order valence-corrected chi connectivity index (χ2v) is 5.38. The zero-order valence-corrected chi connectivity index (χ0v) is 13.3. The molecule has 19 heavy (non-hydrogen) atoms. The standard InChI is InChI=1S/C15H22BrNO2/c1-3-17(11-12-19-2)10-4-5-15(18)13-6-8-14(16)9-7-13/h6-9H,3-5,10-12H2,1-2H3. The molecule has 1 aromatic carbocycles. The van der Waals surface area contributed by atoms with Crippen LogP contribution in [0, 0.1) is 0 Å². The third-order valence-corrected chi connectivity index (χ3v) is 3.63. The molecule has 106 valence electrons. The quantitative estimate of drug-likeness (QED) is 0.651. The molecule has 0 fully saturated rings. The van der Waals surface area contributed by atoms with Crippen LogP contribution in [-0.4, -0.2) is 44.0 Å². The fraction of sp³-hybridized carbons (Fsp3) is 0.533. The first-order chi connectivity index (χ1) is 9.17. The molecule has 0 unspecified atom stereocenters. The fourth-order valence-corrected chi connectivity index (χ4v) is 2.16. The Kier molecular flexibility index (Phi) is 7.94. The third-order valence-electron chi connectivity index (χ3n) is 3.10. The van der Waals surface area contributed by atoms with Gasteiger partial charge in [0.05, 0.1) is 6.61 Å². The Morgan fingerprint density at radius 3 is 2.53 bits per heavy atom. The SMILES string of the molecule is CCN(CCCC(=O)c1ccc(Br)cc1)CCOC. The van der Waals surface area contributed by atoms with Crippen LogP contribution in [-0.2, 0) is 4.74 Å². The molecule has 0 N–H and O–H groups in total. The van der Waals surface area contributed by atoms with Crippen LogP contribution in [0.5, 0.6) is 0 Å². The number of halogens is 1. The van der Waals surface area contributed by atoms with Crippen molar-refractivity contribution < 1.29 is 9.53 Å². The average molecular weight is 328 g/mol. The first-order valence-electron chi connectivity index (χ1n) is 6.67. The molecule has 0 bridgehead atoms. The van der Waals surface area contributed by atoms with E-state index in [-0.39, 0.29) is 5.78 Å². The van der Waals surface area contributed by atoms with Crippen molar-refractivity contribution in [3.05, 3.63) is 34.3 Å². The normalized spacial score (nSPS) is 10.9. The first-order valence-corrected chi connectivity index (χ1v) is 7.46. The predicted molar refractivity (Wildman–Crippen MR) is 81.7 cm³/mol. The molecule has 4 heteroatoms. The summed E-state index contributed by atoms with van der Waals surface area (Å²) in [6.45, 7) is 5.75. The zero-order valence-electron chi connectivity index (χ0n) is 11.7. The third kappa shape index (κ3) is 6.32. The van der Waals surface area contributed by atoms with Gasteiger partial charge >= 0.3 is 0 Å². The Morgan fingerprint density at radius 2 is 1.95 bits per heavy atom. The van der Waals surface area contributed by atoms with Gasteiger partial charge in [0.15, 0.2) is 5.78 Å². The van der Waals surface area contributed by atoms with E-state index in [2.05, 4.69) is 27.8 Å². The molecule has 0 amide bonds. The van der Waals surface area contributed by atoms with Gasteiger partial charge in [-0.15, -0.1) is 0 Å². The molecular weight excluding hydrogens is 306 g/mol. The molecule has 0 radical (unpaired) electrons. The van der Waals surface area contributed by atoms with Crippen LogP contribution in [0.4, 0.5) is 0 Å². The highest BCUT2D eigenvalue weighted by molar-refractivity contribution is 9.10. The van der Waals surface area contributed by atoms with Crippen LogP contribution in [0.3, 0.4) is 0 Å². The minimum absolute atomic E-state index is 0.218. The Labute approximate surface area is 124 Å². The number of Topliss-reactive ketones (excluding diaryl/α,β-unsaturated/α-hetero) is 1. The number of carbonyl (C=O) groups excluding carboxylic acids is 1. The van der Waals surface area contributed by atoms with E-state index in [1.54, 1.807) is 7.11 Å². The lowest BCUT2D eigenvalue weighted by atomic mass is 10.1. The summed E-state index contributed by atoms with van der Waals surface area (Å²) in [5.74, 6) is 0.218. The lowest BCUT2D eigenvalue weighted by Crippen LogP contribution is -2.28. The van der Waals surface area contributed by atoms with Gasteiger partial charge in [0.1, 0.15) is 0 Å². The Bertz CT molecular complexity index is 378. The van der Waals surface area contributed by atoms with Crippen molar-refractivity contribution >= 4 is 21.7 Å². The van der Waals surface area contributed by atoms with E-state index in [1.807, 2.05) is 24.3 Å². The van der Waals surface area contributed by atoms with Gasteiger partial charge in [-0.25, -0.2) is 0 Å². The summed E-state index contributed by atoms with van der Waals surface area (Å²) >= 11 is 3.37. The maximum Gasteiger partial charge on any atom is 0.162 e. The molecule has 0 saturated carbocycles. The average Bonchev–Trinajstić information content (AvgIpc) is 2.43. The van der Waals surface area contributed by atoms with Crippen molar-refractivity contribution in [2.45, 2.75) is 19.8 Å². The van der Waals surface area contributed by atoms with Crippen molar-refractivity contribution in [2.75, 3.05) is 33.4 Å². The Hall–Kier alpha value is -0.710. The summed E-state index contributed by atoms with van der Waals surface area (Å²) in [6.07, 6.45) is 1.50. The minimum atomic E-state index is 0.218. The summed E-state index contributed by atoms with van der Waals surface area (Å²) in [5, 5.41) is 0. The van der Waals surface area contributed by atoms with Crippen molar-refractivity contribution in [3.8, 4) is 0 Å². The van der Waals surface area contributed by atoms with Crippen LogP contribution in [0.2, 0.25) is 0 Å². The van der Waals surface area contributed by atoms with Crippen LogP contribution in [0.1, 0.15) is 30.1 Å². The molecule has 0 saturated heterocycles. The molecule has 0 aliphatic heterocycles. The van der Waals surface area contributed by atoms with Crippen LogP contribution in [0.25, 0.3) is 0 Å². The Morgan fingerprint density at radius 1 is 1.26 bits per heavy atom. The molecule has 0 aromatic heterocycles. The summed E-state index contributed by atoms with van der Waals surface area (Å²) in [5.41, 5.74) is 0.795. The molecule has 0 heterocycles. The van der Waals surface area contributed by atoms with Gasteiger partial charge in [-0.2, -0.15) is 0 Å².